The molecule has 0 aliphatic carbocycles. The highest BCUT2D eigenvalue weighted by molar-refractivity contribution is 7.49. The van der Waals surface area contributed by atoms with Crippen molar-refractivity contribution in [2.75, 3.05) is 12.3 Å². The number of fused-ring (bicyclic) bond motifs is 2. The summed E-state index contributed by atoms with van der Waals surface area (Å²) in [6.07, 6.45) is 1.45. The minimum Gasteiger partial charge on any atom is -0.403 e. The molecule has 3 heterocycles. The van der Waals surface area contributed by atoms with E-state index in [2.05, 4.69) is 35.7 Å². The summed E-state index contributed by atoms with van der Waals surface area (Å²) in [6.45, 7) is 6.53. The summed E-state index contributed by atoms with van der Waals surface area (Å²) in [5, 5.41) is 0. The SMILES string of the molecule is CC(C)(C)c1cccc2c1OP(=O)(OCCn1cnc3c(=O)[nH]c(N)nc31)OC2. The lowest BCUT2D eigenvalue weighted by molar-refractivity contribution is 0.130. The van der Waals surface area contributed by atoms with Gasteiger partial charge in [-0.05, 0) is 5.41 Å². The molecule has 0 bridgehead atoms. The van der Waals surface area contributed by atoms with E-state index in [0.717, 1.165) is 11.1 Å². The number of H-pyrrole nitrogens is 1. The number of phosphoric acid groups is 1. The lowest BCUT2D eigenvalue weighted by Gasteiger charge is -2.30. The van der Waals surface area contributed by atoms with Crippen molar-refractivity contribution in [2.24, 2.45) is 0 Å². The van der Waals surface area contributed by atoms with Crippen LogP contribution in [0.5, 0.6) is 5.75 Å². The fraction of sp³-hybridized carbons (Fsp3) is 0.389. The van der Waals surface area contributed by atoms with Crippen molar-refractivity contribution < 1.29 is 18.1 Å². The first-order chi connectivity index (χ1) is 13.7. The van der Waals surface area contributed by atoms with Crippen LogP contribution in [0.3, 0.4) is 0 Å². The minimum absolute atomic E-state index is 0.00411. The Bertz CT molecular complexity index is 1180. The lowest BCUT2D eigenvalue weighted by Crippen LogP contribution is -2.18. The second kappa shape index (κ2) is 6.98. The number of benzene rings is 1. The quantitative estimate of drug-likeness (QED) is 0.617. The zero-order valence-corrected chi connectivity index (χ0v) is 17.2. The van der Waals surface area contributed by atoms with Gasteiger partial charge < -0.3 is 14.8 Å². The molecule has 1 aliphatic rings. The summed E-state index contributed by atoms with van der Waals surface area (Å²) >= 11 is 0. The number of hydrogen-bond donors (Lipinski definition) is 2. The summed E-state index contributed by atoms with van der Waals surface area (Å²) in [5.74, 6) is 0.534. The van der Waals surface area contributed by atoms with Crippen LogP contribution in [-0.2, 0) is 32.2 Å². The summed E-state index contributed by atoms with van der Waals surface area (Å²) < 4.78 is 31.2. The summed E-state index contributed by atoms with van der Waals surface area (Å²) in [4.78, 5) is 22.3. The summed E-state index contributed by atoms with van der Waals surface area (Å²) in [6, 6.07) is 5.74. The van der Waals surface area contributed by atoms with Crippen LogP contribution < -0.4 is 15.8 Å². The average Bonchev–Trinajstić information content (AvgIpc) is 3.03. The van der Waals surface area contributed by atoms with Crippen molar-refractivity contribution in [3.8, 4) is 5.75 Å². The van der Waals surface area contributed by atoms with Crippen LogP contribution in [0.25, 0.3) is 11.2 Å². The van der Waals surface area contributed by atoms with Crippen molar-refractivity contribution in [1.29, 1.82) is 0 Å². The Morgan fingerprint density at radius 1 is 1.38 bits per heavy atom. The Kier molecular flexibility index (Phi) is 4.72. The van der Waals surface area contributed by atoms with Gasteiger partial charge in [-0.15, -0.1) is 0 Å². The van der Waals surface area contributed by atoms with Crippen molar-refractivity contribution in [2.45, 2.75) is 39.3 Å². The molecule has 0 fully saturated rings. The fourth-order valence-electron chi connectivity index (χ4n) is 3.13. The van der Waals surface area contributed by atoms with Crippen molar-refractivity contribution in [3.63, 3.8) is 0 Å². The number of nitrogens with one attached hydrogen (secondary N) is 1. The van der Waals surface area contributed by atoms with E-state index in [4.69, 9.17) is 19.3 Å². The smallest absolute Gasteiger partial charge is 0.403 e. The number of nitrogens with two attached hydrogens (primary N) is 1. The number of nitrogen functional groups attached to an aromatic ring is 1. The Labute approximate surface area is 166 Å². The molecule has 0 spiro atoms. The van der Waals surface area contributed by atoms with Crippen molar-refractivity contribution >= 4 is 24.9 Å². The van der Waals surface area contributed by atoms with E-state index in [1.807, 2.05) is 18.2 Å². The van der Waals surface area contributed by atoms with Crippen molar-refractivity contribution in [3.05, 3.63) is 46.0 Å². The van der Waals surface area contributed by atoms with E-state index in [1.165, 1.54) is 6.33 Å². The number of imidazole rings is 1. The third kappa shape index (κ3) is 3.78. The maximum atomic E-state index is 13.0. The van der Waals surface area contributed by atoms with Gasteiger partial charge in [0.05, 0.1) is 19.5 Å². The van der Waals surface area contributed by atoms with Gasteiger partial charge in [-0.3, -0.25) is 18.8 Å². The molecular formula is C18H22N5O5P. The molecule has 0 amide bonds. The molecular weight excluding hydrogens is 397 g/mol. The fourth-order valence-corrected chi connectivity index (χ4v) is 4.35. The highest BCUT2D eigenvalue weighted by Gasteiger charge is 2.37. The molecule has 1 aliphatic heterocycles. The van der Waals surface area contributed by atoms with Crippen LogP contribution in [0, 0.1) is 0 Å². The Morgan fingerprint density at radius 2 is 2.17 bits per heavy atom. The monoisotopic (exact) mass is 419 g/mol. The summed E-state index contributed by atoms with van der Waals surface area (Å²) in [5.41, 5.74) is 7.21. The number of rotatable bonds is 4. The molecule has 10 nitrogen and oxygen atoms in total. The molecule has 1 unspecified atom stereocenters. The maximum Gasteiger partial charge on any atom is 0.530 e. The van der Waals surface area contributed by atoms with Gasteiger partial charge in [0, 0.05) is 17.7 Å². The van der Waals surface area contributed by atoms with Gasteiger partial charge in [0.15, 0.2) is 11.2 Å². The molecule has 3 N–H and O–H groups in total. The molecule has 11 heteroatoms. The second-order valence-electron chi connectivity index (χ2n) is 7.75. The number of nitrogens with zero attached hydrogens (tertiary/aromatic N) is 3. The first-order valence-electron chi connectivity index (χ1n) is 9.08. The van der Waals surface area contributed by atoms with Gasteiger partial charge in [-0.2, -0.15) is 4.98 Å². The topological polar surface area (TPSA) is 134 Å². The number of aromatic amines is 1. The third-order valence-electron chi connectivity index (χ3n) is 4.56. The standard InChI is InChI=1S/C18H22N5O5P/c1-18(2,3)12-6-4-5-11-9-27-29(25,28-14(11)12)26-8-7-23-10-20-13-15(23)21-17(19)22-16(13)24/h4-6,10H,7-9H2,1-3H3,(H3,19,21,22,24). The number of aromatic nitrogens is 4. The van der Waals surface area contributed by atoms with Crippen molar-refractivity contribution in [1.82, 2.24) is 19.5 Å². The lowest BCUT2D eigenvalue weighted by atomic mass is 9.85. The molecule has 0 radical (unpaired) electrons. The van der Waals surface area contributed by atoms with E-state index in [0.29, 0.717) is 11.4 Å². The van der Waals surface area contributed by atoms with Crippen LogP contribution in [0.1, 0.15) is 31.9 Å². The molecule has 0 saturated heterocycles. The van der Waals surface area contributed by atoms with E-state index in [9.17, 15) is 9.36 Å². The minimum atomic E-state index is -3.79. The Morgan fingerprint density at radius 3 is 2.93 bits per heavy atom. The van der Waals surface area contributed by atoms with Gasteiger partial charge >= 0.3 is 7.82 Å². The normalized spacial score (nSPS) is 19.1. The number of anilines is 1. The van der Waals surface area contributed by atoms with Gasteiger partial charge in [-0.25, -0.2) is 9.55 Å². The first-order valence-corrected chi connectivity index (χ1v) is 10.5. The molecule has 1 atom stereocenters. The highest BCUT2D eigenvalue weighted by atomic mass is 31.2. The van der Waals surface area contributed by atoms with Gasteiger partial charge in [0.2, 0.25) is 5.95 Å². The number of para-hydroxylation sites is 1. The molecule has 1 aromatic carbocycles. The Hall–Kier alpha value is -2.68. The van der Waals surface area contributed by atoms with Crippen LogP contribution >= 0.6 is 7.82 Å². The second-order valence-corrected chi connectivity index (χ2v) is 9.34. The van der Waals surface area contributed by atoms with Crippen LogP contribution in [0.4, 0.5) is 5.95 Å². The molecule has 29 heavy (non-hydrogen) atoms. The number of hydrogen-bond acceptors (Lipinski definition) is 8. The summed E-state index contributed by atoms with van der Waals surface area (Å²) in [7, 11) is -3.79. The highest BCUT2D eigenvalue weighted by Crippen LogP contribution is 2.56. The van der Waals surface area contributed by atoms with Gasteiger partial charge in [0.1, 0.15) is 5.75 Å². The van der Waals surface area contributed by atoms with Gasteiger partial charge in [-0.1, -0.05) is 39.0 Å². The maximum absolute atomic E-state index is 13.0. The predicted molar refractivity (Wildman–Crippen MR) is 107 cm³/mol. The molecule has 0 saturated carbocycles. The first kappa shape index (κ1) is 19.6. The number of phosphoric ester groups is 1. The van der Waals surface area contributed by atoms with E-state index in [1.54, 1.807) is 4.57 Å². The largest absolute Gasteiger partial charge is 0.530 e. The van der Waals surface area contributed by atoms with E-state index >= 15 is 0 Å². The third-order valence-corrected chi connectivity index (χ3v) is 5.91. The van der Waals surface area contributed by atoms with E-state index in [-0.39, 0.29) is 36.6 Å². The van der Waals surface area contributed by atoms with Crippen LogP contribution in [0.15, 0.2) is 29.3 Å². The zero-order valence-electron chi connectivity index (χ0n) is 16.3. The van der Waals surface area contributed by atoms with Gasteiger partial charge in [0.25, 0.3) is 5.56 Å². The predicted octanol–water partition coefficient (Wildman–Crippen LogP) is 2.73. The molecule has 3 aromatic rings. The molecule has 154 valence electrons. The van der Waals surface area contributed by atoms with E-state index < -0.39 is 13.4 Å². The molecule has 2 aromatic heterocycles. The zero-order chi connectivity index (χ0) is 20.8. The Balaban J connectivity index is 1.51. The van der Waals surface area contributed by atoms with Crippen LogP contribution in [0.2, 0.25) is 0 Å². The van der Waals surface area contributed by atoms with Crippen LogP contribution in [-0.4, -0.2) is 26.1 Å². The average molecular weight is 419 g/mol. The molecule has 4 rings (SSSR count).